The highest BCUT2D eigenvalue weighted by atomic mass is 35.5. The van der Waals surface area contributed by atoms with E-state index < -0.39 is 0 Å². The second kappa shape index (κ2) is 9.20. The second-order valence-corrected chi connectivity index (χ2v) is 7.43. The van der Waals surface area contributed by atoms with Crippen LogP contribution >= 0.6 is 11.6 Å². The summed E-state index contributed by atoms with van der Waals surface area (Å²) in [4.78, 5) is 15.0. The maximum Gasteiger partial charge on any atom is 0.223 e. The van der Waals surface area contributed by atoms with Crippen molar-refractivity contribution in [3.05, 3.63) is 70.7 Å². The predicted molar refractivity (Wildman–Crippen MR) is 106 cm³/mol. The lowest BCUT2D eigenvalue weighted by molar-refractivity contribution is -0.133. The fraction of sp³-hybridized carbons (Fsp3) is 0.409. The van der Waals surface area contributed by atoms with Gasteiger partial charge < -0.3 is 9.64 Å². The van der Waals surface area contributed by atoms with Crippen molar-refractivity contribution < 1.29 is 9.53 Å². The number of halogens is 1. The SMILES string of the molecule is COCC1CCN(C(=O)C[C@@H](c2ccccc2)c2ccc(Cl)cc2)CC1. The first kappa shape index (κ1) is 18.9. The number of carbonyl (C=O) groups excluding carboxylic acids is 1. The molecule has 0 radical (unpaired) electrons. The molecule has 1 saturated heterocycles. The molecule has 2 aromatic carbocycles. The van der Waals surface area contributed by atoms with Gasteiger partial charge in [0.05, 0.1) is 0 Å². The first-order chi connectivity index (χ1) is 12.7. The third kappa shape index (κ3) is 4.87. The average Bonchev–Trinajstić information content (AvgIpc) is 2.68. The smallest absolute Gasteiger partial charge is 0.223 e. The molecule has 3 rings (SSSR count). The molecule has 0 N–H and O–H groups in total. The maximum atomic E-state index is 13.0. The number of likely N-dealkylation sites (tertiary alicyclic amines) is 1. The molecule has 1 aliphatic rings. The van der Waals surface area contributed by atoms with Crippen molar-refractivity contribution in [2.45, 2.75) is 25.2 Å². The molecule has 1 atom stereocenters. The van der Waals surface area contributed by atoms with E-state index in [2.05, 4.69) is 12.1 Å². The van der Waals surface area contributed by atoms with Crippen molar-refractivity contribution >= 4 is 17.5 Å². The minimum atomic E-state index is 0.0534. The summed E-state index contributed by atoms with van der Waals surface area (Å²) in [6, 6.07) is 18.1. The van der Waals surface area contributed by atoms with Crippen LogP contribution in [-0.4, -0.2) is 37.6 Å². The van der Waals surface area contributed by atoms with Gasteiger partial charge in [-0.25, -0.2) is 0 Å². The van der Waals surface area contributed by atoms with Crippen LogP contribution in [-0.2, 0) is 9.53 Å². The molecular formula is C22H26ClNO2. The number of carbonyl (C=O) groups is 1. The van der Waals surface area contributed by atoms with Gasteiger partial charge in [0.25, 0.3) is 0 Å². The van der Waals surface area contributed by atoms with E-state index in [1.54, 1.807) is 7.11 Å². The molecule has 1 aliphatic heterocycles. The molecule has 0 aliphatic carbocycles. The summed E-state index contributed by atoms with van der Waals surface area (Å²) in [6.45, 7) is 2.45. The highest BCUT2D eigenvalue weighted by molar-refractivity contribution is 6.30. The Morgan fingerprint density at radius 1 is 1.08 bits per heavy atom. The lowest BCUT2D eigenvalue weighted by Crippen LogP contribution is -2.39. The van der Waals surface area contributed by atoms with Crippen LogP contribution in [0.4, 0.5) is 0 Å². The highest BCUT2D eigenvalue weighted by Gasteiger charge is 2.26. The Morgan fingerprint density at radius 2 is 1.69 bits per heavy atom. The van der Waals surface area contributed by atoms with E-state index in [4.69, 9.17) is 16.3 Å². The fourth-order valence-electron chi connectivity index (χ4n) is 3.70. The lowest BCUT2D eigenvalue weighted by Gasteiger charge is -2.33. The number of ether oxygens (including phenoxy) is 1. The zero-order valence-corrected chi connectivity index (χ0v) is 16.0. The van der Waals surface area contributed by atoms with Gasteiger partial charge in [-0.1, -0.05) is 54.1 Å². The molecule has 0 bridgehead atoms. The van der Waals surface area contributed by atoms with Gasteiger partial charge in [-0.3, -0.25) is 4.79 Å². The zero-order chi connectivity index (χ0) is 18.4. The van der Waals surface area contributed by atoms with Gasteiger partial charge in [0.15, 0.2) is 0 Å². The minimum Gasteiger partial charge on any atom is -0.384 e. The molecule has 1 heterocycles. The quantitative estimate of drug-likeness (QED) is 0.733. The molecule has 4 heteroatoms. The Hall–Kier alpha value is -1.84. The number of hydrogen-bond acceptors (Lipinski definition) is 2. The number of nitrogens with zero attached hydrogens (tertiary/aromatic N) is 1. The molecule has 1 fully saturated rings. The second-order valence-electron chi connectivity index (χ2n) is 7.00. The third-order valence-electron chi connectivity index (χ3n) is 5.22. The molecule has 26 heavy (non-hydrogen) atoms. The average molecular weight is 372 g/mol. The first-order valence-electron chi connectivity index (χ1n) is 9.24. The fourth-order valence-corrected chi connectivity index (χ4v) is 3.82. The summed E-state index contributed by atoms with van der Waals surface area (Å²) in [6.07, 6.45) is 2.54. The van der Waals surface area contributed by atoms with Crippen LogP contribution in [0.5, 0.6) is 0 Å². The molecule has 1 amide bonds. The van der Waals surface area contributed by atoms with E-state index in [-0.39, 0.29) is 11.8 Å². The van der Waals surface area contributed by atoms with E-state index in [9.17, 15) is 4.79 Å². The molecule has 138 valence electrons. The topological polar surface area (TPSA) is 29.5 Å². The van der Waals surface area contributed by atoms with Gasteiger partial charge in [0.2, 0.25) is 5.91 Å². The normalized spacial score (nSPS) is 16.5. The van der Waals surface area contributed by atoms with Gasteiger partial charge in [-0.2, -0.15) is 0 Å². The summed E-state index contributed by atoms with van der Waals surface area (Å²) in [7, 11) is 1.74. The number of benzene rings is 2. The monoisotopic (exact) mass is 371 g/mol. The predicted octanol–water partition coefficient (Wildman–Crippen LogP) is 4.75. The van der Waals surface area contributed by atoms with Crippen LogP contribution in [0.1, 0.15) is 36.3 Å². The van der Waals surface area contributed by atoms with Crippen LogP contribution in [0.15, 0.2) is 54.6 Å². The number of rotatable bonds is 6. The van der Waals surface area contributed by atoms with Gasteiger partial charge >= 0.3 is 0 Å². The molecule has 0 saturated carbocycles. The highest BCUT2D eigenvalue weighted by Crippen LogP contribution is 2.30. The van der Waals surface area contributed by atoms with Crippen molar-refractivity contribution in [1.82, 2.24) is 4.90 Å². The van der Waals surface area contributed by atoms with Crippen LogP contribution in [0, 0.1) is 5.92 Å². The number of piperidine rings is 1. The standard InChI is InChI=1S/C22H26ClNO2/c1-26-16-17-11-13-24(14-12-17)22(25)15-21(18-5-3-2-4-6-18)19-7-9-20(23)10-8-19/h2-10,17,21H,11-16H2,1H3/t21-/m0/s1. The van der Waals surface area contributed by atoms with Crippen molar-refractivity contribution in [3.63, 3.8) is 0 Å². The van der Waals surface area contributed by atoms with E-state index in [0.717, 1.165) is 43.7 Å². The van der Waals surface area contributed by atoms with Gasteiger partial charge in [-0.15, -0.1) is 0 Å². The summed E-state index contributed by atoms with van der Waals surface area (Å²) < 4.78 is 5.25. The van der Waals surface area contributed by atoms with E-state index in [1.807, 2.05) is 47.4 Å². The van der Waals surface area contributed by atoms with Gasteiger partial charge in [0.1, 0.15) is 0 Å². The molecule has 0 aromatic heterocycles. The van der Waals surface area contributed by atoms with Gasteiger partial charge in [0, 0.05) is 44.2 Å². The summed E-state index contributed by atoms with van der Waals surface area (Å²) in [5, 5.41) is 0.715. The Balaban J connectivity index is 1.72. The zero-order valence-electron chi connectivity index (χ0n) is 15.2. The van der Waals surface area contributed by atoms with E-state index in [1.165, 1.54) is 0 Å². The van der Waals surface area contributed by atoms with Crippen LogP contribution in [0.25, 0.3) is 0 Å². The van der Waals surface area contributed by atoms with Crippen molar-refractivity contribution in [1.29, 1.82) is 0 Å². The summed E-state index contributed by atoms with van der Waals surface area (Å²) in [5.74, 6) is 0.854. The molecule has 0 spiro atoms. The van der Waals surface area contributed by atoms with Crippen molar-refractivity contribution in [2.75, 3.05) is 26.8 Å². The van der Waals surface area contributed by atoms with Gasteiger partial charge in [-0.05, 0) is 42.0 Å². The van der Waals surface area contributed by atoms with Crippen molar-refractivity contribution in [3.8, 4) is 0 Å². The Bertz CT molecular complexity index is 694. The van der Waals surface area contributed by atoms with E-state index in [0.29, 0.717) is 17.4 Å². The molecule has 3 nitrogen and oxygen atoms in total. The molecule has 0 unspecified atom stereocenters. The van der Waals surface area contributed by atoms with Crippen LogP contribution in [0.3, 0.4) is 0 Å². The van der Waals surface area contributed by atoms with Crippen molar-refractivity contribution in [2.24, 2.45) is 5.92 Å². The van der Waals surface area contributed by atoms with Crippen LogP contribution in [0.2, 0.25) is 5.02 Å². The minimum absolute atomic E-state index is 0.0534. The first-order valence-corrected chi connectivity index (χ1v) is 9.62. The Morgan fingerprint density at radius 3 is 2.31 bits per heavy atom. The third-order valence-corrected chi connectivity index (χ3v) is 5.47. The summed E-state index contributed by atoms with van der Waals surface area (Å²) in [5.41, 5.74) is 2.29. The summed E-state index contributed by atoms with van der Waals surface area (Å²) >= 11 is 6.04. The Kier molecular flexibility index (Phi) is 6.70. The number of amides is 1. The van der Waals surface area contributed by atoms with Crippen LogP contribution < -0.4 is 0 Å². The molecular weight excluding hydrogens is 346 g/mol. The van der Waals surface area contributed by atoms with E-state index >= 15 is 0 Å². The largest absolute Gasteiger partial charge is 0.384 e. The lowest BCUT2D eigenvalue weighted by atomic mass is 9.87. The number of hydrogen-bond donors (Lipinski definition) is 0. The maximum absolute atomic E-state index is 13.0. The Labute approximate surface area is 160 Å². The molecule has 2 aromatic rings. The number of methoxy groups -OCH3 is 1.